The first-order valence-electron chi connectivity index (χ1n) is 8.02. The van der Waals surface area contributed by atoms with Gasteiger partial charge in [-0.1, -0.05) is 6.07 Å². The van der Waals surface area contributed by atoms with Crippen molar-refractivity contribution in [2.75, 3.05) is 0 Å². The fourth-order valence-corrected chi connectivity index (χ4v) is 2.89. The van der Waals surface area contributed by atoms with E-state index in [1.54, 1.807) is 18.6 Å². The number of aromatic nitrogens is 3. The first-order chi connectivity index (χ1) is 12.2. The molecule has 25 heavy (non-hydrogen) atoms. The zero-order chi connectivity index (χ0) is 17.2. The van der Waals surface area contributed by atoms with Crippen LogP contribution in [0.3, 0.4) is 0 Å². The van der Waals surface area contributed by atoms with Crippen molar-refractivity contribution in [3.63, 3.8) is 0 Å². The van der Waals surface area contributed by atoms with Crippen molar-refractivity contribution in [1.82, 2.24) is 14.5 Å². The first-order valence-corrected chi connectivity index (χ1v) is 8.02. The molecule has 4 heteroatoms. The van der Waals surface area contributed by atoms with E-state index in [1.807, 2.05) is 60.3 Å². The largest absolute Gasteiger partial charge is 0.323 e. The molecule has 0 saturated carbocycles. The van der Waals surface area contributed by atoms with Gasteiger partial charge in [0.15, 0.2) is 0 Å². The second-order valence-corrected chi connectivity index (χ2v) is 5.91. The van der Waals surface area contributed by atoms with Crippen molar-refractivity contribution >= 4 is 0 Å². The van der Waals surface area contributed by atoms with Gasteiger partial charge in [0.2, 0.25) is 0 Å². The molecule has 0 bridgehead atoms. The predicted octanol–water partition coefficient (Wildman–Crippen LogP) is 5.05. The lowest BCUT2D eigenvalue weighted by Gasteiger charge is -2.09. The number of pyridine rings is 2. The molecule has 0 radical (unpaired) electrons. The Balaban J connectivity index is 1.77. The third-order valence-electron chi connectivity index (χ3n) is 4.18. The van der Waals surface area contributed by atoms with Crippen LogP contribution in [0.5, 0.6) is 0 Å². The highest BCUT2D eigenvalue weighted by Crippen LogP contribution is 2.27. The van der Waals surface area contributed by atoms with Crippen LogP contribution in [0.2, 0.25) is 0 Å². The third kappa shape index (κ3) is 3.06. The van der Waals surface area contributed by atoms with E-state index in [2.05, 4.69) is 9.97 Å². The van der Waals surface area contributed by atoms with Crippen LogP contribution >= 0.6 is 0 Å². The predicted molar refractivity (Wildman–Crippen MR) is 96.9 cm³/mol. The fourth-order valence-electron chi connectivity index (χ4n) is 2.89. The molecule has 0 saturated heterocycles. The summed E-state index contributed by atoms with van der Waals surface area (Å²) in [4.78, 5) is 8.51. The van der Waals surface area contributed by atoms with Crippen LogP contribution in [-0.4, -0.2) is 14.5 Å². The molecule has 1 aromatic carbocycles. The zero-order valence-corrected chi connectivity index (χ0v) is 13.7. The van der Waals surface area contributed by atoms with Crippen LogP contribution in [-0.2, 0) is 0 Å². The van der Waals surface area contributed by atoms with Gasteiger partial charge in [-0.15, -0.1) is 0 Å². The van der Waals surface area contributed by atoms with E-state index >= 15 is 0 Å². The second kappa shape index (κ2) is 6.32. The van der Waals surface area contributed by atoms with Gasteiger partial charge < -0.3 is 4.57 Å². The number of aryl methyl sites for hydroxylation is 1. The highest BCUT2D eigenvalue weighted by Gasteiger charge is 2.08. The highest BCUT2D eigenvalue weighted by molar-refractivity contribution is 5.69. The maximum absolute atomic E-state index is 14.2. The number of nitrogens with zero attached hydrogens (tertiary/aromatic N) is 3. The lowest BCUT2D eigenvalue weighted by molar-refractivity contribution is 0.627. The van der Waals surface area contributed by atoms with Crippen LogP contribution in [0.1, 0.15) is 5.56 Å². The van der Waals surface area contributed by atoms with E-state index in [0.29, 0.717) is 0 Å². The monoisotopic (exact) mass is 329 g/mol. The molecule has 0 aliphatic rings. The molecule has 3 nitrogen and oxygen atoms in total. The molecule has 3 heterocycles. The molecule has 0 atom stereocenters. The second-order valence-electron chi connectivity index (χ2n) is 5.91. The van der Waals surface area contributed by atoms with E-state index in [9.17, 15) is 4.39 Å². The van der Waals surface area contributed by atoms with Gasteiger partial charge in [0, 0.05) is 47.8 Å². The van der Waals surface area contributed by atoms with E-state index < -0.39 is 0 Å². The zero-order valence-electron chi connectivity index (χ0n) is 13.7. The lowest BCUT2D eigenvalue weighted by atomic mass is 10.0. The van der Waals surface area contributed by atoms with Crippen molar-refractivity contribution in [2.24, 2.45) is 0 Å². The van der Waals surface area contributed by atoms with Gasteiger partial charge in [0.05, 0.1) is 5.69 Å². The Hall–Kier alpha value is -3.27. The summed E-state index contributed by atoms with van der Waals surface area (Å²) >= 11 is 0. The third-order valence-corrected chi connectivity index (χ3v) is 4.18. The summed E-state index contributed by atoms with van der Waals surface area (Å²) in [6.07, 6.45) is 9.14. The molecule has 0 unspecified atom stereocenters. The Morgan fingerprint density at radius 1 is 0.960 bits per heavy atom. The topological polar surface area (TPSA) is 30.7 Å². The highest BCUT2D eigenvalue weighted by atomic mass is 19.1. The van der Waals surface area contributed by atoms with Gasteiger partial charge >= 0.3 is 0 Å². The average Bonchev–Trinajstić information content (AvgIpc) is 3.12. The van der Waals surface area contributed by atoms with Gasteiger partial charge in [-0.05, 0) is 60.5 Å². The van der Waals surface area contributed by atoms with Gasteiger partial charge in [-0.3, -0.25) is 9.97 Å². The maximum atomic E-state index is 14.2. The molecule has 0 aliphatic heterocycles. The summed E-state index contributed by atoms with van der Waals surface area (Å²) in [5.41, 5.74) is 5.45. The minimum atomic E-state index is -0.274. The lowest BCUT2D eigenvalue weighted by Crippen LogP contribution is -1.94. The van der Waals surface area contributed by atoms with E-state index in [0.717, 1.165) is 33.6 Å². The van der Waals surface area contributed by atoms with E-state index in [-0.39, 0.29) is 5.82 Å². The summed E-state index contributed by atoms with van der Waals surface area (Å²) in [6.45, 7) is 2.00. The summed E-state index contributed by atoms with van der Waals surface area (Å²) in [6, 6.07) is 14.7. The van der Waals surface area contributed by atoms with Crippen LogP contribution in [0.4, 0.5) is 4.39 Å². The van der Waals surface area contributed by atoms with Gasteiger partial charge in [-0.25, -0.2) is 4.39 Å². The summed E-state index contributed by atoms with van der Waals surface area (Å²) < 4.78 is 16.1. The van der Waals surface area contributed by atoms with Gasteiger partial charge in [0.1, 0.15) is 5.82 Å². The Morgan fingerprint density at radius 3 is 2.68 bits per heavy atom. The van der Waals surface area contributed by atoms with Crippen LogP contribution < -0.4 is 0 Å². The van der Waals surface area contributed by atoms with Crippen molar-refractivity contribution in [3.05, 3.63) is 90.9 Å². The van der Waals surface area contributed by atoms with E-state index in [4.69, 9.17) is 0 Å². The molecular formula is C21H16FN3. The maximum Gasteiger partial charge on any atom is 0.125 e. The van der Waals surface area contributed by atoms with Crippen molar-refractivity contribution in [1.29, 1.82) is 0 Å². The average molecular weight is 329 g/mol. The number of benzene rings is 1. The molecule has 4 aromatic rings. The van der Waals surface area contributed by atoms with Gasteiger partial charge in [-0.2, -0.15) is 0 Å². The molecule has 4 rings (SSSR count). The molecule has 3 aromatic heterocycles. The van der Waals surface area contributed by atoms with Crippen LogP contribution in [0.15, 0.2) is 79.5 Å². The number of rotatable bonds is 3. The normalized spacial score (nSPS) is 10.8. The molecule has 0 spiro atoms. The number of halogens is 1. The molecular weight excluding hydrogens is 313 g/mol. The molecule has 0 aliphatic carbocycles. The number of hydrogen-bond acceptors (Lipinski definition) is 2. The summed E-state index contributed by atoms with van der Waals surface area (Å²) in [5, 5.41) is 0. The van der Waals surface area contributed by atoms with Crippen LogP contribution in [0.25, 0.3) is 28.1 Å². The van der Waals surface area contributed by atoms with Crippen molar-refractivity contribution < 1.29 is 4.39 Å². The Labute approximate surface area is 145 Å². The smallest absolute Gasteiger partial charge is 0.125 e. The quantitative estimate of drug-likeness (QED) is 0.526. The van der Waals surface area contributed by atoms with Crippen LogP contribution in [0, 0.1) is 12.7 Å². The van der Waals surface area contributed by atoms with Crippen molar-refractivity contribution in [3.8, 4) is 28.1 Å². The minimum absolute atomic E-state index is 0.274. The van der Waals surface area contributed by atoms with Gasteiger partial charge in [0.25, 0.3) is 0 Å². The fraction of sp³-hybridized carbons (Fsp3) is 0.0476. The summed E-state index contributed by atoms with van der Waals surface area (Å²) in [5.74, 6) is -0.274. The molecule has 122 valence electrons. The molecule has 0 amide bonds. The standard InChI is InChI=1S/C21H16FN3/c1-15-5-8-23-13-20(15)17-10-18(22)12-19(11-17)25-9-6-16(14-25)21-4-2-3-7-24-21/h2-14H,1H3. The minimum Gasteiger partial charge on any atom is -0.323 e. The van der Waals surface area contributed by atoms with E-state index in [1.165, 1.54) is 12.1 Å². The Kier molecular flexibility index (Phi) is 3.86. The Morgan fingerprint density at radius 2 is 1.88 bits per heavy atom. The summed E-state index contributed by atoms with van der Waals surface area (Å²) in [7, 11) is 0. The molecule has 0 fully saturated rings. The first kappa shape index (κ1) is 15.3. The SMILES string of the molecule is Cc1ccncc1-c1cc(F)cc(-n2ccc(-c3ccccn3)c2)c1. The number of hydrogen-bond donors (Lipinski definition) is 0. The Bertz CT molecular complexity index is 1020. The van der Waals surface area contributed by atoms with Crippen molar-refractivity contribution in [2.45, 2.75) is 6.92 Å². The molecule has 0 N–H and O–H groups in total.